The maximum Gasteiger partial charge on any atom is 0.573 e. The molecule has 0 radical (unpaired) electrons. The average Bonchev–Trinajstić information content (AvgIpc) is 2.62. The van der Waals surface area contributed by atoms with E-state index in [0.717, 1.165) is 29.0 Å². The van der Waals surface area contributed by atoms with Crippen molar-refractivity contribution < 1.29 is 32.2 Å². The summed E-state index contributed by atoms with van der Waals surface area (Å²) in [4.78, 5) is 27.3. The lowest BCUT2D eigenvalue weighted by molar-refractivity contribution is -0.274. The predicted molar refractivity (Wildman–Crippen MR) is 94.0 cm³/mol. The third-order valence-corrected chi connectivity index (χ3v) is 3.89. The molecule has 2 aromatic carbocycles. The first kappa shape index (κ1) is 20.1. The predicted octanol–water partition coefficient (Wildman–Crippen LogP) is 3.85. The fourth-order valence-corrected chi connectivity index (χ4v) is 2.70. The lowest BCUT2D eigenvalue weighted by Crippen LogP contribution is -2.22. The zero-order chi connectivity index (χ0) is 21.3. The SMILES string of the molecule is Cn1cc(C(=O)O)nc(-c2cc(F)cc(-c3ccccc3OC(F)(F)F)c2)c1=O. The molecule has 6 nitrogen and oxygen atoms in total. The van der Waals surface area contributed by atoms with Gasteiger partial charge >= 0.3 is 12.3 Å². The van der Waals surface area contributed by atoms with Gasteiger partial charge in [0.1, 0.15) is 17.3 Å². The monoisotopic (exact) mass is 408 g/mol. The Kier molecular flexibility index (Phi) is 5.10. The van der Waals surface area contributed by atoms with Crippen molar-refractivity contribution in [3.63, 3.8) is 0 Å². The molecule has 0 fully saturated rings. The number of hydrogen-bond acceptors (Lipinski definition) is 4. The highest BCUT2D eigenvalue weighted by Crippen LogP contribution is 2.35. The van der Waals surface area contributed by atoms with Crippen molar-refractivity contribution in [3.05, 3.63) is 70.5 Å². The van der Waals surface area contributed by atoms with E-state index in [1.807, 2.05) is 0 Å². The molecule has 1 aromatic heterocycles. The molecule has 150 valence electrons. The summed E-state index contributed by atoms with van der Waals surface area (Å²) in [5, 5.41) is 9.13. The number of benzene rings is 2. The lowest BCUT2D eigenvalue weighted by atomic mass is 10.0. The zero-order valence-electron chi connectivity index (χ0n) is 14.7. The number of alkyl halides is 3. The van der Waals surface area contributed by atoms with Gasteiger partial charge in [0.25, 0.3) is 5.56 Å². The second kappa shape index (κ2) is 7.38. The summed E-state index contributed by atoms with van der Waals surface area (Å²) in [5.74, 6) is -2.82. The molecule has 0 amide bonds. The molecule has 0 unspecified atom stereocenters. The number of aromatic nitrogens is 2. The van der Waals surface area contributed by atoms with Crippen LogP contribution in [0.1, 0.15) is 10.5 Å². The number of para-hydroxylation sites is 1. The molecule has 0 spiro atoms. The molecule has 0 aliphatic rings. The first-order valence-electron chi connectivity index (χ1n) is 8.02. The summed E-state index contributed by atoms with van der Waals surface area (Å²) < 4.78 is 57.2. The van der Waals surface area contributed by atoms with Gasteiger partial charge in [-0.25, -0.2) is 14.2 Å². The largest absolute Gasteiger partial charge is 0.573 e. The van der Waals surface area contributed by atoms with Crippen LogP contribution in [0.15, 0.2) is 53.5 Å². The van der Waals surface area contributed by atoms with Crippen LogP contribution in [0.4, 0.5) is 17.6 Å². The third-order valence-electron chi connectivity index (χ3n) is 3.89. The molecule has 1 heterocycles. The Hall–Kier alpha value is -3.69. The number of carboxylic acid groups (broad SMARTS) is 1. The maximum atomic E-state index is 14.2. The molecule has 10 heteroatoms. The number of rotatable bonds is 4. The highest BCUT2D eigenvalue weighted by Gasteiger charge is 2.32. The van der Waals surface area contributed by atoms with Crippen LogP contribution in [-0.4, -0.2) is 27.0 Å². The number of carboxylic acids is 1. The van der Waals surface area contributed by atoms with Gasteiger partial charge in [-0.3, -0.25) is 4.79 Å². The van der Waals surface area contributed by atoms with E-state index in [9.17, 15) is 27.2 Å². The zero-order valence-corrected chi connectivity index (χ0v) is 14.7. The van der Waals surface area contributed by atoms with E-state index in [-0.39, 0.29) is 22.4 Å². The van der Waals surface area contributed by atoms with Gasteiger partial charge in [-0.2, -0.15) is 0 Å². The molecule has 0 aliphatic carbocycles. The van der Waals surface area contributed by atoms with E-state index in [4.69, 9.17) is 5.11 Å². The molecular weight excluding hydrogens is 396 g/mol. The highest BCUT2D eigenvalue weighted by molar-refractivity contribution is 5.86. The van der Waals surface area contributed by atoms with Crippen molar-refractivity contribution >= 4 is 5.97 Å². The van der Waals surface area contributed by atoms with E-state index in [2.05, 4.69) is 9.72 Å². The van der Waals surface area contributed by atoms with Crippen LogP contribution in [0.2, 0.25) is 0 Å². The fourth-order valence-electron chi connectivity index (χ4n) is 2.70. The van der Waals surface area contributed by atoms with E-state index in [1.54, 1.807) is 0 Å². The van der Waals surface area contributed by atoms with E-state index in [1.165, 1.54) is 31.3 Å². The second-order valence-electron chi connectivity index (χ2n) is 5.97. The summed E-state index contributed by atoms with van der Waals surface area (Å²) in [5.41, 5.74) is -1.69. The van der Waals surface area contributed by atoms with Crippen LogP contribution in [0.5, 0.6) is 5.75 Å². The van der Waals surface area contributed by atoms with Gasteiger partial charge in [0.15, 0.2) is 5.69 Å². The first-order chi connectivity index (χ1) is 13.5. The van der Waals surface area contributed by atoms with Crippen LogP contribution in [0.25, 0.3) is 22.4 Å². The molecule has 0 aliphatic heterocycles. The second-order valence-corrected chi connectivity index (χ2v) is 5.97. The van der Waals surface area contributed by atoms with Gasteiger partial charge in [0.2, 0.25) is 0 Å². The van der Waals surface area contributed by atoms with E-state index >= 15 is 0 Å². The van der Waals surface area contributed by atoms with Gasteiger partial charge in [-0.05, 0) is 29.8 Å². The van der Waals surface area contributed by atoms with Crippen LogP contribution in [0, 0.1) is 5.82 Å². The van der Waals surface area contributed by atoms with E-state index < -0.39 is 35.2 Å². The summed E-state index contributed by atoms with van der Waals surface area (Å²) in [6.07, 6.45) is -3.96. The Bertz CT molecular complexity index is 1160. The molecule has 0 atom stereocenters. The van der Waals surface area contributed by atoms with Crippen LogP contribution in [-0.2, 0) is 7.05 Å². The van der Waals surface area contributed by atoms with Gasteiger partial charge in [0, 0.05) is 24.4 Å². The van der Waals surface area contributed by atoms with Gasteiger partial charge in [-0.1, -0.05) is 18.2 Å². The normalized spacial score (nSPS) is 11.3. The Morgan fingerprint density at radius 1 is 1.14 bits per heavy atom. The molecule has 1 N–H and O–H groups in total. The van der Waals surface area contributed by atoms with Crippen molar-refractivity contribution in [2.45, 2.75) is 6.36 Å². The summed E-state index contributed by atoms with van der Waals surface area (Å²) in [6, 6.07) is 8.25. The van der Waals surface area contributed by atoms with E-state index in [0.29, 0.717) is 0 Å². The summed E-state index contributed by atoms with van der Waals surface area (Å²) in [7, 11) is 1.30. The average molecular weight is 408 g/mol. The van der Waals surface area contributed by atoms with Crippen molar-refractivity contribution in [1.82, 2.24) is 9.55 Å². The number of hydrogen-bond donors (Lipinski definition) is 1. The molecule has 3 rings (SSSR count). The third kappa shape index (κ3) is 4.42. The number of aromatic carboxylic acids is 1. The quantitative estimate of drug-likeness (QED) is 0.664. The minimum absolute atomic E-state index is 0.00979. The Labute approximate surface area is 160 Å². The Balaban J connectivity index is 2.20. The van der Waals surface area contributed by atoms with Gasteiger partial charge in [-0.15, -0.1) is 13.2 Å². The Morgan fingerprint density at radius 3 is 2.45 bits per heavy atom. The minimum Gasteiger partial charge on any atom is -0.476 e. The van der Waals surface area contributed by atoms with Crippen LogP contribution in [0.3, 0.4) is 0 Å². The van der Waals surface area contributed by atoms with Gasteiger partial charge in [0.05, 0.1) is 0 Å². The number of nitrogens with zero attached hydrogens (tertiary/aromatic N) is 2. The van der Waals surface area contributed by atoms with Crippen LogP contribution >= 0.6 is 0 Å². The molecule has 0 saturated carbocycles. The number of carbonyl (C=O) groups is 1. The topological polar surface area (TPSA) is 81.4 Å². The number of aryl methyl sites for hydroxylation is 1. The van der Waals surface area contributed by atoms with Crippen LogP contribution < -0.4 is 10.3 Å². The number of halogens is 4. The minimum atomic E-state index is -4.96. The molecule has 29 heavy (non-hydrogen) atoms. The number of ether oxygens (including phenoxy) is 1. The Morgan fingerprint density at radius 2 is 1.79 bits per heavy atom. The van der Waals surface area contributed by atoms with Crippen molar-refractivity contribution in [2.75, 3.05) is 0 Å². The first-order valence-corrected chi connectivity index (χ1v) is 8.02. The molecule has 0 saturated heterocycles. The molecular formula is C19H12F4N2O4. The smallest absolute Gasteiger partial charge is 0.476 e. The summed E-state index contributed by atoms with van der Waals surface area (Å²) in [6.45, 7) is 0. The highest BCUT2D eigenvalue weighted by atomic mass is 19.4. The van der Waals surface area contributed by atoms with Crippen molar-refractivity contribution in [1.29, 1.82) is 0 Å². The van der Waals surface area contributed by atoms with Crippen molar-refractivity contribution in [2.24, 2.45) is 7.05 Å². The van der Waals surface area contributed by atoms with Crippen molar-refractivity contribution in [3.8, 4) is 28.1 Å². The lowest BCUT2D eigenvalue weighted by Gasteiger charge is -2.14. The van der Waals surface area contributed by atoms with Gasteiger partial charge < -0.3 is 14.4 Å². The fraction of sp³-hybridized carbons (Fsp3) is 0.105. The molecule has 0 bridgehead atoms. The maximum absolute atomic E-state index is 14.2. The summed E-state index contributed by atoms with van der Waals surface area (Å²) >= 11 is 0. The standard InChI is InChI=1S/C19H12F4N2O4/c1-25-9-14(18(27)28)24-16(17(25)26)11-6-10(7-12(20)8-11)13-4-2-3-5-15(13)29-19(21,22)23/h2-9H,1H3,(H,27,28). The molecule has 3 aromatic rings.